The van der Waals surface area contributed by atoms with Gasteiger partial charge in [-0.1, -0.05) is 18.6 Å². The first-order chi connectivity index (χ1) is 13.4. The Labute approximate surface area is 164 Å². The summed E-state index contributed by atoms with van der Waals surface area (Å²) in [6.07, 6.45) is 7.35. The average molecular weight is 384 g/mol. The van der Waals surface area contributed by atoms with Crippen molar-refractivity contribution in [3.63, 3.8) is 0 Å². The van der Waals surface area contributed by atoms with Gasteiger partial charge in [0.2, 0.25) is 5.78 Å². The first kappa shape index (κ1) is 19.9. The topological polar surface area (TPSA) is 78.9 Å². The standard InChI is InChI=1S/C22H24O6/c1-15-20(21(25)28-22(15)12-4-3-5-13-22)18(23)14-27-19(24)11-8-16-6-9-17(26-2)10-7-16/h6-11H,3-5,12-14H2,1-2H3/b11-8+. The van der Waals surface area contributed by atoms with Gasteiger partial charge in [0.1, 0.15) is 16.9 Å². The molecule has 1 saturated carbocycles. The largest absolute Gasteiger partial charge is 0.497 e. The van der Waals surface area contributed by atoms with Crippen LogP contribution in [0.25, 0.3) is 6.08 Å². The number of esters is 2. The van der Waals surface area contributed by atoms with E-state index in [0.717, 1.165) is 37.7 Å². The van der Waals surface area contributed by atoms with Crippen LogP contribution in [0.5, 0.6) is 5.75 Å². The van der Waals surface area contributed by atoms with Gasteiger partial charge in [-0.3, -0.25) is 4.79 Å². The lowest BCUT2D eigenvalue weighted by Gasteiger charge is -2.33. The first-order valence-electron chi connectivity index (χ1n) is 9.42. The molecule has 0 saturated heterocycles. The summed E-state index contributed by atoms with van der Waals surface area (Å²) in [5.41, 5.74) is 0.862. The summed E-state index contributed by atoms with van der Waals surface area (Å²) in [6.45, 7) is 1.29. The summed E-state index contributed by atoms with van der Waals surface area (Å²) < 4.78 is 15.7. The number of ether oxygens (including phenoxy) is 3. The second kappa shape index (κ2) is 8.42. The van der Waals surface area contributed by atoms with E-state index in [1.807, 2.05) is 0 Å². The highest BCUT2D eigenvalue weighted by Gasteiger charge is 2.47. The fraction of sp³-hybridized carbons (Fsp3) is 0.409. The number of hydrogen-bond acceptors (Lipinski definition) is 6. The summed E-state index contributed by atoms with van der Waals surface area (Å²) in [6, 6.07) is 7.13. The van der Waals surface area contributed by atoms with Crippen LogP contribution in [0.2, 0.25) is 0 Å². The lowest BCUT2D eigenvalue weighted by molar-refractivity contribution is -0.151. The first-order valence-corrected chi connectivity index (χ1v) is 9.42. The molecular weight excluding hydrogens is 360 g/mol. The van der Waals surface area contributed by atoms with E-state index >= 15 is 0 Å². The van der Waals surface area contributed by atoms with Gasteiger partial charge in [0.05, 0.1) is 7.11 Å². The van der Waals surface area contributed by atoms with Crippen LogP contribution in [-0.4, -0.2) is 37.0 Å². The van der Waals surface area contributed by atoms with Crippen molar-refractivity contribution in [2.45, 2.75) is 44.6 Å². The highest BCUT2D eigenvalue weighted by Crippen LogP contribution is 2.43. The highest BCUT2D eigenvalue weighted by molar-refractivity contribution is 6.20. The summed E-state index contributed by atoms with van der Waals surface area (Å²) in [4.78, 5) is 36.6. The number of benzene rings is 1. The van der Waals surface area contributed by atoms with Gasteiger partial charge in [-0.2, -0.15) is 0 Å². The number of carbonyl (C=O) groups excluding carboxylic acids is 3. The van der Waals surface area contributed by atoms with Crippen molar-refractivity contribution in [3.8, 4) is 5.75 Å². The van der Waals surface area contributed by atoms with E-state index < -0.39 is 29.9 Å². The van der Waals surface area contributed by atoms with Gasteiger partial charge >= 0.3 is 11.9 Å². The lowest BCUT2D eigenvalue weighted by atomic mass is 9.79. The minimum absolute atomic E-state index is 0.0360. The van der Waals surface area contributed by atoms with Crippen LogP contribution in [0.15, 0.2) is 41.5 Å². The molecule has 1 aliphatic carbocycles. The Bertz CT molecular complexity index is 825. The molecule has 0 radical (unpaired) electrons. The monoisotopic (exact) mass is 384 g/mol. The van der Waals surface area contributed by atoms with Crippen LogP contribution in [0, 0.1) is 0 Å². The zero-order valence-electron chi connectivity index (χ0n) is 16.2. The molecular formula is C22H24O6. The smallest absolute Gasteiger partial charge is 0.342 e. The minimum Gasteiger partial charge on any atom is -0.497 e. The molecule has 0 N–H and O–H groups in total. The molecule has 0 aromatic heterocycles. The molecule has 0 unspecified atom stereocenters. The maximum atomic E-state index is 12.5. The second-order valence-electron chi connectivity index (χ2n) is 7.08. The van der Waals surface area contributed by atoms with Crippen LogP contribution >= 0.6 is 0 Å². The average Bonchev–Trinajstić information content (AvgIpc) is 2.94. The van der Waals surface area contributed by atoms with Crippen molar-refractivity contribution < 1.29 is 28.6 Å². The maximum absolute atomic E-state index is 12.5. The quantitative estimate of drug-likeness (QED) is 0.425. The van der Waals surface area contributed by atoms with Gasteiger partial charge in [-0.15, -0.1) is 0 Å². The van der Waals surface area contributed by atoms with Crippen LogP contribution in [-0.2, 0) is 23.9 Å². The Morgan fingerprint density at radius 2 is 1.82 bits per heavy atom. The zero-order valence-corrected chi connectivity index (χ0v) is 16.2. The third-order valence-electron chi connectivity index (χ3n) is 5.36. The van der Waals surface area contributed by atoms with Crippen molar-refractivity contribution in [2.24, 2.45) is 0 Å². The molecule has 1 fully saturated rings. The van der Waals surface area contributed by atoms with Gasteiger partial charge in [-0.25, -0.2) is 9.59 Å². The van der Waals surface area contributed by atoms with Gasteiger partial charge < -0.3 is 14.2 Å². The summed E-state index contributed by atoms with van der Waals surface area (Å²) in [5.74, 6) is -1.06. The normalized spacial score (nSPS) is 18.4. The fourth-order valence-electron chi connectivity index (χ4n) is 3.75. The van der Waals surface area contributed by atoms with Gasteiger partial charge in [-0.05, 0) is 62.0 Å². The van der Waals surface area contributed by atoms with Crippen molar-refractivity contribution in [1.82, 2.24) is 0 Å². The third-order valence-corrected chi connectivity index (χ3v) is 5.36. The lowest BCUT2D eigenvalue weighted by Crippen LogP contribution is -2.33. The molecule has 0 bridgehead atoms. The predicted octanol–water partition coefficient (Wildman–Crippen LogP) is 3.40. The number of hydrogen-bond donors (Lipinski definition) is 0. The Balaban J connectivity index is 1.59. The number of rotatable bonds is 6. The van der Waals surface area contributed by atoms with Crippen LogP contribution in [0.1, 0.15) is 44.6 Å². The molecule has 148 valence electrons. The number of carbonyl (C=O) groups is 3. The van der Waals surface area contributed by atoms with Crippen molar-refractivity contribution in [3.05, 3.63) is 47.1 Å². The summed E-state index contributed by atoms with van der Waals surface area (Å²) >= 11 is 0. The van der Waals surface area contributed by atoms with Crippen molar-refractivity contribution >= 4 is 23.8 Å². The SMILES string of the molecule is COc1ccc(/C=C/C(=O)OCC(=O)C2=C(C)C3(CCCCC3)OC2=O)cc1. The third kappa shape index (κ3) is 4.16. The molecule has 0 atom stereocenters. The van der Waals surface area contributed by atoms with E-state index in [2.05, 4.69) is 0 Å². The number of Topliss-reactive ketones (excluding diaryl/α,β-unsaturated/α-hetero) is 1. The molecule has 3 rings (SSSR count). The minimum atomic E-state index is -0.652. The molecule has 1 aromatic carbocycles. The predicted molar refractivity (Wildman–Crippen MR) is 103 cm³/mol. The molecule has 1 spiro atoms. The van der Waals surface area contributed by atoms with Crippen LogP contribution in [0.4, 0.5) is 0 Å². The van der Waals surface area contributed by atoms with Crippen LogP contribution in [0.3, 0.4) is 0 Å². The number of ketones is 1. The maximum Gasteiger partial charge on any atom is 0.342 e. The van der Waals surface area contributed by atoms with Gasteiger partial charge in [0.25, 0.3) is 0 Å². The molecule has 1 aliphatic heterocycles. The Kier molecular flexibility index (Phi) is 5.97. The van der Waals surface area contributed by atoms with E-state index in [-0.39, 0.29) is 5.57 Å². The molecule has 28 heavy (non-hydrogen) atoms. The Hall–Kier alpha value is -2.89. The molecule has 1 heterocycles. The number of methoxy groups -OCH3 is 1. The van der Waals surface area contributed by atoms with Gasteiger partial charge in [0, 0.05) is 6.08 Å². The molecule has 1 aromatic rings. The molecule has 6 heteroatoms. The summed E-state index contributed by atoms with van der Waals surface area (Å²) in [5, 5.41) is 0. The van der Waals surface area contributed by atoms with Gasteiger partial charge in [0.15, 0.2) is 6.61 Å². The Morgan fingerprint density at radius 3 is 2.46 bits per heavy atom. The van der Waals surface area contributed by atoms with E-state index in [4.69, 9.17) is 14.2 Å². The van der Waals surface area contributed by atoms with E-state index in [1.54, 1.807) is 44.4 Å². The molecule has 6 nitrogen and oxygen atoms in total. The molecule has 0 amide bonds. The second-order valence-corrected chi connectivity index (χ2v) is 7.08. The zero-order chi connectivity index (χ0) is 20.1. The van der Waals surface area contributed by atoms with Crippen LogP contribution < -0.4 is 4.74 Å². The summed E-state index contributed by atoms with van der Waals surface area (Å²) in [7, 11) is 1.58. The van der Waals surface area contributed by atoms with Crippen molar-refractivity contribution in [2.75, 3.05) is 13.7 Å². The van der Waals surface area contributed by atoms with E-state index in [0.29, 0.717) is 11.3 Å². The van der Waals surface area contributed by atoms with E-state index in [9.17, 15) is 14.4 Å². The Morgan fingerprint density at radius 1 is 1.14 bits per heavy atom. The fourth-order valence-corrected chi connectivity index (χ4v) is 3.75. The van der Waals surface area contributed by atoms with Crippen molar-refractivity contribution in [1.29, 1.82) is 0 Å². The molecule has 2 aliphatic rings. The van der Waals surface area contributed by atoms with E-state index in [1.165, 1.54) is 6.08 Å². The highest BCUT2D eigenvalue weighted by atomic mass is 16.6.